The summed E-state index contributed by atoms with van der Waals surface area (Å²) in [6, 6.07) is 4.08. The van der Waals surface area contributed by atoms with E-state index in [1.54, 1.807) is 6.07 Å². The minimum absolute atomic E-state index is 0.0719. The lowest BCUT2D eigenvalue weighted by molar-refractivity contribution is 0.238. The average molecular weight is 491 g/mol. The molecule has 2 atom stereocenters. The van der Waals surface area contributed by atoms with Gasteiger partial charge in [0, 0.05) is 35.6 Å². The van der Waals surface area contributed by atoms with Crippen LogP contribution < -0.4 is 5.32 Å². The maximum absolute atomic E-state index is 14.1. The summed E-state index contributed by atoms with van der Waals surface area (Å²) in [6.07, 6.45) is 3.04. The first kappa shape index (κ1) is 26.2. The molecule has 2 aromatic carbocycles. The molecular weight excluding hydrogens is 450 g/mol. The van der Waals surface area contributed by atoms with E-state index in [1.807, 2.05) is 0 Å². The van der Waals surface area contributed by atoms with Crippen LogP contribution in [0.1, 0.15) is 73.4 Å². The van der Waals surface area contributed by atoms with Crippen LogP contribution in [0.3, 0.4) is 0 Å². The van der Waals surface area contributed by atoms with E-state index in [9.17, 15) is 8.78 Å². The van der Waals surface area contributed by atoms with Crippen molar-refractivity contribution < 1.29 is 8.78 Å². The van der Waals surface area contributed by atoms with Crippen LogP contribution in [0.4, 0.5) is 14.5 Å². The predicted octanol–water partition coefficient (Wildman–Crippen LogP) is 8.58. The van der Waals surface area contributed by atoms with Gasteiger partial charge < -0.3 is 10.2 Å². The Labute approximate surface area is 215 Å². The zero-order chi connectivity index (χ0) is 26.7. The number of nitrogens with one attached hydrogen (secondary N) is 1. The zero-order valence-corrected chi connectivity index (χ0v) is 23.1. The SMILES string of the molecule is C=C(CC(C)C)C1=CN(C(=C)c2ccc(F)c(F)c2)CC(C)(C)C2c3c(C)c(C)c(C)c(C)c3NC12. The smallest absolute Gasteiger partial charge is 0.159 e. The van der Waals surface area contributed by atoms with Gasteiger partial charge in [-0.15, -0.1) is 0 Å². The molecule has 2 aliphatic heterocycles. The molecule has 0 aliphatic carbocycles. The fourth-order valence-electron chi connectivity index (χ4n) is 6.19. The van der Waals surface area contributed by atoms with Crippen LogP contribution in [0.2, 0.25) is 0 Å². The van der Waals surface area contributed by atoms with Crippen LogP contribution in [0.15, 0.2) is 48.7 Å². The van der Waals surface area contributed by atoms with Crippen LogP contribution in [0, 0.1) is 50.7 Å². The maximum Gasteiger partial charge on any atom is 0.159 e. The van der Waals surface area contributed by atoms with Crippen LogP contribution in [-0.4, -0.2) is 17.5 Å². The van der Waals surface area contributed by atoms with Gasteiger partial charge in [0.25, 0.3) is 0 Å². The molecule has 1 N–H and O–H groups in total. The van der Waals surface area contributed by atoms with Crippen LogP contribution in [-0.2, 0) is 0 Å². The van der Waals surface area contributed by atoms with E-state index in [2.05, 4.69) is 85.0 Å². The van der Waals surface area contributed by atoms with E-state index in [4.69, 9.17) is 0 Å². The third-order valence-corrected chi connectivity index (χ3v) is 8.39. The molecular formula is C32H40F2N2. The van der Waals surface area contributed by atoms with Crippen molar-refractivity contribution in [1.82, 2.24) is 4.90 Å². The van der Waals surface area contributed by atoms with Gasteiger partial charge in [0.2, 0.25) is 0 Å². The second-order valence-electron chi connectivity index (χ2n) is 11.9. The number of benzene rings is 2. The first-order valence-electron chi connectivity index (χ1n) is 12.9. The first-order chi connectivity index (χ1) is 16.7. The lowest BCUT2D eigenvalue weighted by atomic mass is 9.69. The first-order valence-corrected chi connectivity index (χ1v) is 12.9. The maximum atomic E-state index is 14.1. The molecule has 2 heterocycles. The molecule has 0 spiro atoms. The molecule has 192 valence electrons. The number of halogens is 2. The minimum atomic E-state index is -0.861. The summed E-state index contributed by atoms with van der Waals surface area (Å²) in [5.41, 5.74) is 11.4. The normalized spacial score (nSPS) is 20.4. The molecule has 0 amide bonds. The number of hydrogen-bond acceptors (Lipinski definition) is 2. The Balaban J connectivity index is 1.88. The summed E-state index contributed by atoms with van der Waals surface area (Å²) < 4.78 is 27.8. The van der Waals surface area contributed by atoms with E-state index in [-0.39, 0.29) is 17.4 Å². The van der Waals surface area contributed by atoms with E-state index in [0.29, 0.717) is 23.7 Å². The molecule has 0 radical (unpaired) electrons. The van der Waals surface area contributed by atoms with E-state index >= 15 is 0 Å². The minimum Gasteiger partial charge on any atom is -0.377 e. The molecule has 2 nitrogen and oxygen atoms in total. The van der Waals surface area contributed by atoms with Crippen LogP contribution >= 0.6 is 0 Å². The van der Waals surface area contributed by atoms with Gasteiger partial charge in [0.1, 0.15) is 0 Å². The van der Waals surface area contributed by atoms with Crippen LogP contribution in [0.5, 0.6) is 0 Å². The Hall–Kier alpha value is -2.88. The van der Waals surface area contributed by atoms with Crippen molar-refractivity contribution >= 4 is 11.4 Å². The number of nitrogens with zero attached hydrogens (tertiary/aromatic N) is 1. The Bertz CT molecular complexity index is 1280. The zero-order valence-electron chi connectivity index (χ0n) is 23.1. The van der Waals surface area contributed by atoms with Gasteiger partial charge in [0.15, 0.2) is 11.6 Å². The van der Waals surface area contributed by atoms with Crippen molar-refractivity contribution in [3.8, 4) is 0 Å². The Morgan fingerprint density at radius 2 is 1.67 bits per heavy atom. The lowest BCUT2D eigenvalue weighted by Gasteiger charge is -2.38. The number of fused-ring (bicyclic) bond motifs is 3. The Morgan fingerprint density at radius 3 is 2.28 bits per heavy atom. The standard InChI is InChI=1S/C32H40F2N2/c1-17(2)13-18(3)25-15-36(23(8)24-11-12-26(33)27(34)14-24)16-32(9,10)29-28-21(6)19(4)20(5)22(7)30(28)35-31(25)29/h11-12,14-15,17,29,31,35H,3,8,13,16H2,1-2,4-7,9-10H3. The highest BCUT2D eigenvalue weighted by Gasteiger charge is 2.48. The Morgan fingerprint density at radius 1 is 1.03 bits per heavy atom. The van der Waals surface area contributed by atoms with Crippen molar-refractivity contribution in [2.75, 3.05) is 11.9 Å². The monoisotopic (exact) mass is 490 g/mol. The highest BCUT2D eigenvalue weighted by molar-refractivity contribution is 5.74. The van der Waals surface area contributed by atoms with Crippen LogP contribution in [0.25, 0.3) is 5.70 Å². The lowest BCUT2D eigenvalue weighted by Crippen LogP contribution is -2.37. The molecule has 0 saturated heterocycles. The molecule has 0 aromatic heterocycles. The van der Waals surface area contributed by atoms with Crippen molar-refractivity contribution in [2.45, 2.75) is 73.8 Å². The average Bonchev–Trinajstić information content (AvgIpc) is 3.16. The van der Waals surface area contributed by atoms with Crippen molar-refractivity contribution in [2.24, 2.45) is 11.3 Å². The van der Waals surface area contributed by atoms with Gasteiger partial charge in [-0.3, -0.25) is 0 Å². The number of hydrogen-bond donors (Lipinski definition) is 1. The molecule has 2 unspecified atom stereocenters. The van der Waals surface area contributed by atoms with Gasteiger partial charge in [-0.1, -0.05) is 40.9 Å². The number of rotatable bonds is 5. The van der Waals surface area contributed by atoms with Gasteiger partial charge in [-0.25, -0.2) is 8.78 Å². The predicted molar refractivity (Wildman–Crippen MR) is 148 cm³/mol. The summed E-state index contributed by atoms with van der Waals surface area (Å²) >= 11 is 0. The second kappa shape index (κ2) is 9.21. The highest BCUT2D eigenvalue weighted by Crippen LogP contribution is 2.55. The summed E-state index contributed by atoms with van der Waals surface area (Å²) in [5, 5.41) is 3.93. The number of anilines is 1. The van der Waals surface area contributed by atoms with Gasteiger partial charge in [-0.05, 0) is 103 Å². The molecule has 0 bridgehead atoms. The third-order valence-electron chi connectivity index (χ3n) is 8.39. The van der Waals surface area contributed by atoms with E-state index < -0.39 is 11.6 Å². The van der Waals surface area contributed by atoms with Crippen molar-refractivity contribution in [3.63, 3.8) is 0 Å². The summed E-state index contributed by atoms with van der Waals surface area (Å²) in [4.78, 5) is 2.12. The Kier molecular flexibility index (Phi) is 6.70. The molecule has 4 rings (SSSR count). The summed E-state index contributed by atoms with van der Waals surface area (Å²) in [6.45, 7) is 27.5. The molecule has 0 saturated carbocycles. The molecule has 4 heteroatoms. The van der Waals surface area contributed by atoms with Gasteiger partial charge >= 0.3 is 0 Å². The highest BCUT2D eigenvalue weighted by atomic mass is 19.2. The second-order valence-corrected chi connectivity index (χ2v) is 11.9. The molecule has 36 heavy (non-hydrogen) atoms. The van der Waals surface area contributed by atoms with Crippen molar-refractivity contribution in [3.05, 3.63) is 93.7 Å². The fraction of sp³-hybridized carbons (Fsp3) is 0.438. The quantitative estimate of drug-likeness (QED) is 0.451. The molecule has 0 fully saturated rings. The van der Waals surface area contributed by atoms with Gasteiger partial charge in [-0.2, -0.15) is 0 Å². The third kappa shape index (κ3) is 4.29. The topological polar surface area (TPSA) is 15.3 Å². The largest absolute Gasteiger partial charge is 0.377 e. The van der Waals surface area contributed by atoms with Crippen molar-refractivity contribution in [1.29, 1.82) is 0 Å². The molecule has 2 aromatic rings. The molecule has 2 aliphatic rings. The summed E-state index contributed by atoms with van der Waals surface area (Å²) in [5.74, 6) is -1.02. The summed E-state index contributed by atoms with van der Waals surface area (Å²) in [7, 11) is 0. The van der Waals surface area contributed by atoms with Gasteiger partial charge in [0.05, 0.1) is 6.04 Å². The fourth-order valence-corrected chi connectivity index (χ4v) is 6.19. The van der Waals surface area contributed by atoms with E-state index in [0.717, 1.165) is 17.6 Å². The van der Waals surface area contributed by atoms with E-state index in [1.165, 1.54) is 45.6 Å².